The van der Waals surface area contributed by atoms with Crippen molar-refractivity contribution >= 4 is 17.0 Å². The lowest BCUT2D eigenvalue weighted by molar-refractivity contribution is 0.493. The number of pyridine rings is 2. The van der Waals surface area contributed by atoms with Gasteiger partial charge < -0.3 is 5.73 Å². The summed E-state index contributed by atoms with van der Waals surface area (Å²) in [4.78, 5) is 14.2. The van der Waals surface area contributed by atoms with Crippen molar-refractivity contribution in [3.05, 3.63) is 89.6 Å². The minimum atomic E-state index is 0.183. The van der Waals surface area contributed by atoms with Crippen LogP contribution in [0.5, 0.6) is 0 Å². The molecule has 1 atom stereocenters. The Morgan fingerprint density at radius 1 is 1.00 bits per heavy atom. The van der Waals surface area contributed by atoms with Crippen LogP contribution in [0.25, 0.3) is 34.1 Å². The number of imidazole rings is 1. The highest BCUT2D eigenvalue weighted by Gasteiger charge is 2.28. The van der Waals surface area contributed by atoms with Crippen molar-refractivity contribution in [1.29, 1.82) is 0 Å². The molecule has 1 unspecified atom stereocenters. The maximum Gasteiger partial charge on any atom is 0.167 e. The fourth-order valence-corrected chi connectivity index (χ4v) is 5.20. The monoisotopic (exact) mass is 488 g/mol. The zero-order chi connectivity index (χ0) is 25.1. The highest BCUT2D eigenvalue weighted by atomic mass is 15.4. The van der Waals surface area contributed by atoms with Crippen molar-refractivity contribution in [2.24, 2.45) is 0 Å². The number of nitrogens with two attached hydrogens (primary N) is 1. The third kappa shape index (κ3) is 3.33. The van der Waals surface area contributed by atoms with E-state index in [1.807, 2.05) is 48.1 Å². The van der Waals surface area contributed by atoms with Gasteiger partial charge in [0.2, 0.25) is 0 Å². The fraction of sp³-hybridized carbons (Fsp3) is 0.185. The number of rotatable bonds is 4. The predicted molar refractivity (Wildman–Crippen MR) is 140 cm³/mol. The van der Waals surface area contributed by atoms with Crippen molar-refractivity contribution in [3.8, 4) is 22.9 Å². The largest absolute Gasteiger partial charge is 0.383 e. The van der Waals surface area contributed by atoms with E-state index in [0.29, 0.717) is 17.5 Å². The van der Waals surface area contributed by atoms with E-state index in [4.69, 9.17) is 15.7 Å². The highest BCUT2D eigenvalue weighted by Crippen LogP contribution is 2.38. The molecular formula is C27H24N10. The lowest BCUT2D eigenvalue weighted by atomic mass is 10.1. The number of aryl methyl sites for hydroxylation is 2. The molecule has 0 amide bonds. The van der Waals surface area contributed by atoms with Gasteiger partial charge in [0.1, 0.15) is 11.3 Å². The fourth-order valence-electron chi connectivity index (χ4n) is 5.20. The average Bonchev–Trinajstić information content (AvgIpc) is 3.70. The molecule has 0 saturated carbocycles. The van der Waals surface area contributed by atoms with Crippen LogP contribution in [0.4, 0.5) is 5.82 Å². The lowest BCUT2D eigenvalue weighted by Gasteiger charge is -2.15. The van der Waals surface area contributed by atoms with Crippen LogP contribution in [-0.4, -0.2) is 44.3 Å². The third-order valence-electron chi connectivity index (χ3n) is 7.19. The molecule has 182 valence electrons. The minimum Gasteiger partial charge on any atom is -0.383 e. The number of nitrogen functional groups attached to an aromatic ring is 1. The Morgan fingerprint density at radius 3 is 2.70 bits per heavy atom. The Morgan fingerprint density at radius 2 is 1.92 bits per heavy atom. The van der Waals surface area contributed by atoms with Gasteiger partial charge in [0.25, 0.3) is 0 Å². The van der Waals surface area contributed by atoms with Gasteiger partial charge in [0, 0.05) is 24.3 Å². The number of hydrogen-bond acceptors (Lipinski definition) is 7. The van der Waals surface area contributed by atoms with E-state index in [0.717, 1.165) is 46.6 Å². The molecule has 37 heavy (non-hydrogen) atoms. The summed E-state index contributed by atoms with van der Waals surface area (Å²) < 4.78 is 5.85. The standard InChI is InChI=1S/C27H24N10/c1-16-17(2)37(34-33-16)23-10-6-18-15-19(7-8-20(18)23)36-26(21-5-3-12-29-25(21)28)31-22-9-11-24(32-27(22)36)35-14-4-13-30-35/h3-5,7-9,11-15,23H,6,10H2,1-2H3,(H2,28,29). The van der Waals surface area contributed by atoms with Gasteiger partial charge in [0.05, 0.1) is 23.0 Å². The maximum absolute atomic E-state index is 6.30. The number of benzene rings is 1. The summed E-state index contributed by atoms with van der Waals surface area (Å²) in [6.07, 6.45) is 7.23. The number of hydrogen-bond donors (Lipinski definition) is 1. The van der Waals surface area contributed by atoms with E-state index < -0.39 is 0 Å². The second kappa shape index (κ2) is 8.09. The second-order valence-electron chi connectivity index (χ2n) is 9.31. The number of aromatic nitrogens is 9. The molecule has 0 spiro atoms. The number of anilines is 1. The Balaban J connectivity index is 1.42. The zero-order valence-electron chi connectivity index (χ0n) is 20.4. The summed E-state index contributed by atoms with van der Waals surface area (Å²) in [5.41, 5.74) is 14.1. The number of fused-ring (bicyclic) bond motifs is 2. The first-order chi connectivity index (χ1) is 18.1. The highest BCUT2D eigenvalue weighted by molar-refractivity contribution is 5.83. The molecule has 5 heterocycles. The molecule has 6 aromatic rings. The molecule has 2 N–H and O–H groups in total. The van der Waals surface area contributed by atoms with Crippen molar-refractivity contribution in [3.63, 3.8) is 0 Å². The summed E-state index contributed by atoms with van der Waals surface area (Å²) in [6.45, 7) is 4.07. The normalized spacial score (nSPS) is 14.9. The molecule has 0 fully saturated rings. The summed E-state index contributed by atoms with van der Waals surface area (Å²) in [5, 5.41) is 13.0. The minimum absolute atomic E-state index is 0.183. The Hall–Kier alpha value is -4.86. The summed E-state index contributed by atoms with van der Waals surface area (Å²) in [7, 11) is 0. The first kappa shape index (κ1) is 21.4. The van der Waals surface area contributed by atoms with Crippen LogP contribution in [-0.2, 0) is 6.42 Å². The van der Waals surface area contributed by atoms with Crippen LogP contribution in [0, 0.1) is 13.8 Å². The van der Waals surface area contributed by atoms with Crippen molar-refractivity contribution < 1.29 is 0 Å². The Kier molecular flexibility index (Phi) is 4.68. The van der Waals surface area contributed by atoms with E-state index in [1.165, 1.54) is 11.1 Å². The van der Waals surface area contributed by atoms with E-state index in [9.17, 15) is 0 Å². The lowest BCUT2D eigenvalue weighted by Crippen LogP contribution is -2.11. The number of nitrogens with zero attached hydrogens (tertiary/aromatic N) is 9. The molecule has 0 bridgehead atoms. The van der Waals surface area contributed by atoms with Gasteiger partial charge >= 0.3 is 0 Å². The van der Waals surface area contributed by atoms with Crippen molar-refractivity contribution in [2.75, 3.05) is 5.73 Å². The zero-order valence-corrected chi connectivity index (χ0v) is 20.4. The molecule has 1 aliphatic rings. The second-order valence-corrected chi connectivity index (χ2v) is 9.31. The summed E-state index contributed by atoms with van der Waals surface area (Å²) >= 11 is 0. The third-order valence-corrected chi connectivity index (χ3v) is 7.19. The molecule has 1 aromatic carbocycles. The average molecular weight is 489 g/mol. The first-order valence-electron chi connectivity index (χ1n) is 12.2. The van der Waals surface area contributed by atoms with Gasteiger partial charge in [-0.05, 0) is 80.3 Å². The molecule has 10 heteroatoms. The molecule has 0 saturated heterocycles. The van der Waals surface area contributed by atoms with Crippen LogP contribution in [0.2, 0.25) is 0 Å². The molecular weight excluding hydrogens is 464 g/mol. The van der Waals surface area contributed by atoms with Crippen molar-refractivity contribution in [2.45, 2.75) is 32.7 Å². The van der Waals surface area contributed by atoms with Crippen LogP contribution in [0.15, 0.2) is 67.1 Å². The molecule has 7 rings (SSSR count). The van der Waals surface area contributed by atoms with Gasteiger partial charge in [-0.25, -0.2) is 24.3 Å². The molecule has 0 aliphatic heterocycles. The van der Waals surface area contributed by atoms with Crippen LogP contribution >= 0.6 is 0 Å². The first-order valence-corrected chi connectivity index (χ1v) is 12.2. The van der Waals surface area contributed by atoms with Crippen LogP contribution < -0.4 is 5.73 Å². The smallest absolute Gasteiger partial charge is 0.167 e. The van der Waals surface area contributed by atoms with Crippen LogP contribution in [0.1, 0.15) is 35.0 Å². The molecule has 5 aromatic heterocycles. The van der Waals surface area contributed by atoms with Crippen molar-refractivity contribution in [1.82, 2.24) is 44.3 Å². The van der Waals surface area contributed by atoms with E-state index in [2.05, 4.69) is 50.1 Å². The summed E-state index contributed by atoms with van der Waals surface area (Å²) in [6, 6.07) is 16.3. The van der Waals surface area contributed by atoms with E-state index in [1.54, 1.807) is 17.1 Å². The molecule has 0 radical (unpaired) electrons. The SMILES string of the molecule is Cc1nnn(C2CCc3cc(-n4c(-c5cccnc5N)nc5ccc(-n6cccn6)nc54)ccc32)c1C. The summed E-state index contributed by atoms with van der Waals surface area (Å²) in [5.74, 6) is 1.83. The van der Waals surface area contributed by atoms with Gasteiger partial charge in [0.15, 0.2) is 17.3 Å². The molecule has 10 nitrogen and oxygen atoms in total. The Bertz CT molecular complexity index is 1780. The topological polar surface area (TPSA) is 118 Å². The van der Waals surface area contributed by atoms with Crippen LogP contribution in [0.3, 0.4) is 0 Å². The molecule has 1 aliphatic carbocycles. The van der Waals surface area contributed by atoms with E-state index in [-0.39, 0.29) is 6.04 Å². The maximum atomic E-state index is 6.30. The van der Waals surface area contributed by atoms with Gasteiger partial charge in [-0.1, -0.05) is 11.3 Å². The van der Waals surface area contributed by atoms with E-state index >= 15 is 0 Å². The van der Waals surface area contributed by atoms with Gasteiger partial charge in [-0.2, -0.15) is 5.10 Å². The Labute approximate surface area is 212 Å². The quantitative estimate of drug-likeness (QED) is 0.398. The predicted octanol–water partition coefficient (Wildman–Crippen LogP) is 3.99. The van der Waals surface area contributed by atoms with Gasteiger partial charge in [-0.15, -0.1) is 5.10 Å². The van der Waals surface area contributed by atoms with Gasteiger partial charge in [-0.3, -0.25) is 4.57 Å².